The van der Waals surface area contributed by atoms with Crippen LogP contribution in [-0.2, 0) is 0 Å². The van der Waals surface area contributed by atoms with E-state index in [0.717, 1.165) is 37.3 Å². The van der Waals surface area contributed by atoms with Gasteiger partial charge in [0.15, 0.2) is 0 Å². The number of amides is 1. The van der Waals surface area contributed by atoms with Crippen molar-refractivity contribution in [1.29, 1.82) is 0 Å². The van der Waals surface area contributed by atoms with Gasteiger partial charge in [0.2, 0.25) is 0 Å². The summed E-state index contributed by atoms with van der Waals surface area (Å²) >= 11 is 0. The summed E-state index contributed by atoms with van der Waals surface area (Å²) in [5.41, 5.74) is 3.58. The Labute approximate surface area is 102 Å². The van der Waals surface area contributed by atoms with Crippen LogP contribution in [0.5, 0.6) is 0 Å². The smallest absolute Gasteiger partial charge is 0.254 e. The van der Waals surface area contributed by atoms with Gasteiger partial charge in [0, 0.05) is 37.2 Å². The first-order valence-corrected chi connectivity index (χ1v) is 6.18. The number of likely N-dealkylation sites (tertiary alicyclic amines) is 1. The Balaban J connectivity index is 1.76. The molecule has 2 heterocycles. The summed E-state index contributed by atoms with van der Waals surface area (Å²) in [7, 11) is 0. The van der Waals surface area contributed by atoms with Crippen LogP contribution in [0.15, 0.2) is 18.2 Å². The third kappa shape index (κ3) is 1.57. The minimum absolute atomic E-state index is 0.198. The number of rotatable bonds is 1. The molecule has 1 N–H and O–H groups in total. The maximum atomic E-state index is 12.3. The Morgan fingerprint density at radius 1 is 1.29 bits per heavy atom. The molecule has 0 radical (unpaired) electrons. The zero-order valence-corrected chi connectivity index (χ0v) is 10.4. The van der Waals surface area contributed by atoms with Gasteiger partial charge in [0.1, 0.15) is 0 Å². The number of nitrogens with zero attached hydrogens (tertiary/aromatic N) is 1. The van der Waals surface area contributed by atoms with Crippen LogP contribution < -0.4 is 5.32 Å². The van der Waals surface area contributed by atoms with Gasteiger partial charge in [-0.25, -0.2) is 0 Å². The number of carbonyl (C=O) groups excluding carboxylic acids is 1. The number of carbonyl (C=O) groups is 1. The molecule has 1 aromatic carbocycles. The molecule has 1 aromatic rings. The Kier molecular flexibility index (Phi) is 2.26. The molecular weight excluding hydrogens is 212 g/mol. The minimum Gasteiger partial charge on any atom is -0.337 e. The van der Waals surface area contributed by atoms with Crippen molar-refractivity contribution >= 4 is 5.91 Å². The molecule has 3 heteroatoms. The second-order valence-electron chi connectivity index (χ2n) is 5.51. The molecule has 2 fully saturated rings. The highest BCUT2D eigenvalue weighted by Gasteiger charge is 2.49. The average Bonchev–Trinajstić information content (AvgIpc) is 2.17. The van der Waals surface area contributed by atoms with E-state index in [1.54, 1.807) is 0 Å². The summed E-state index contributed by atoms with van der Waals surface area (Å²) in [6.45, 7) is 8.08. The molecule has 3 rings (SSSR count). The molecule has 0 atom stereocenters. The zero-order chi connectivity index (χ0) is 12.0. The SMILES string of the molecule is Cc1cccc(C(=O)N2CC3(CNC3)C2)c1C. The van der Waals surface area contributed by atoms with Crippen molar-refractivity contribution < 1.29 is 4.79 Å². The molecule has 0 aromatic heterocycles. The number of hydrogen-bond donors (Lipinski definition) is 1. The Morgan fingerprint density at radius 3 is 2.59 bits per heavy atom. The first-order valence-electron chi connectivity index (χ1n) is 6.18. The van der Waals surface area contributed by atoms with E-state index in [1.165, 1.54) is 5.56 Å². The van der Waals surface area contributed by atoms with Gasteiger partial charge in [-0.3, -0.25) is 4.79 Å². The molecular formula is C14H18N2O. The fraction of sp³-hybridized carbons (Fsp3) is 0.500. The Morgan fingerprint density at radius 2 is 2.00 bits per heavy atom. The van der Waals surface area contributed by atoms with Gasteiger partial charge in [-0.05, 0) is 31.0 Å². The highest BCUT2D eigenvalue weighted by molar-refractivity contribution is 5.96. The van der Waals surface area contributed by atoms with E-state index in [1.807, 2.05) is 24.0 Å². The second-order valence-corrected chi connectivity index (χ2v) is 5.51. The van der Waals surface area contributed by atoms with Gasteiger partial charge >= 0.3 is 0 Å². The topological polar surface area (TPSA) is 32.3 Å². The van der Waals surface area contributed by atoms with Crippen molar-refractivity contribution in [2.75, 3.05) is 26.2 Å². The monoisotopic (exact) mass is 230 g/mol. The van der Waals surface area contributed by atoms with Crippen molar-refractivity contribution in [2.24, 2.45) is 5.41 Å². The Hall–Kier alpha value is -1.35. The molecule has 0 aliphatic carbocycles. The number of nitrogens with one attached hydrogen (secondary N) is 1. The van der Waals surface area contributed by atoms with Gasteiger partial charge in [-0.15, -0.1) is 0 Å². The lowest BCUT2D eigenvalue weighted by molar-refractivity contribution is -0.0248. The number of benzene rings is 1. The summed E-state index contributed by atoms with van der Waals surface area (Å²) < 4.78 is 0. The van der Waals surface area contributed by atoms with Gasteiger partial charge in [-0.2, -0.15) is 0 Å². The molecule has 90 valence electrons. The fourth-order valence-electron chi connectivity index (χ4n) is 2.76. The van der Waals surface area contributed by atoms with Crippen LogP contribution in [-0.4, -0.2) is 37.0 Å². The van der Waals surface area contributed by atoms with Crippen LogP contribution in [0.4, 0.5) is 0 Å². The lowest BCUT2D eigenvalue weighted by Crippen LogP contribution is -2.71. The van der Waals surface area contributed by atoms with Crippen LogP contribution >= 0.6 is 0 Å². The molecule has 17 heavy (non-hydrogen) atoms. The third-order valence-electron chi connectivity index (χ3n) is 4.17. The van der Waals surface area contributed by atoms with Crippen LogP contribution in [0.3, 0.4) is 0 Å². The van der Waals surface area contributed by atoms with E-state index >= 15 is 0 Å². The summed E-state index contributed by atoms with van der Waals surface area (Å²) in [6.07, 6.45) is 0. The van der Waals surface area contributed by atoms with E-state index in [9.17, 15) is 4.79 Å². The van der Waals surface area contributed by atoms with E-state index in [4.69, 9.17) is 0 Å². The second kappa shape index (κ2) is 3.57. The lowest BCUT2D eigenvalue weighted by Gasteiger charge is -2.56. The van der Waals surface area contributed by atoms with Crippen molar-refractivity contribution in [2.45, 2.75) is 13.8 Å². The standard InChI is InChI=1S/C14H18N2O/c1-10-4-3-5-12(11(10)2)13(17)16-8-14(9-16)6-15-7-14/h3-5,15H,6-9H2,1-2H3. The maximum Gasteiger partial charge on any atom is 0.254 e. The van der Waals surface area contributed by atoms with Crippen molar-refractivity contribution in [3.8, 4) is 0 Å². The van der Waals surface area contributed by atoms with Crippen LogP contribution in [0.2, 0.25) is 0 Å². The molecule has 0 bridgehead atoms. The van der Waals surface area contributed by atoms with E-state index in [-0.39, 0.29) is 5.91 Å². The highest BCUT2D eigenvalue weighted by atomic mass is 16.2. The van der Waals surface area contributed by atoms with Gasteiger partial charge in [0.25, 0.3) is 5.91 Å². The van der Waals surface area contributed by atoms with Gasteiger partial charge < -0.3 is 10.2 Å². The van der Waals surface area contributed by atoms with Crippen molar-refractivity contribution in [3.05, 3.63) is 34.9 Å². The lowest BCUT2D eigenvalue weighted by atomic mass is 9.74. The van der Waals surface area contributed by atoms with Crippen LogP contribution in [0.25, 0.3) is 0 Å². The first kappa shape index (κ1) is 10.8. The van der Waals surface area contributed by atoms with Crippen molar-refractivity contribution in [1.82, 2.24) is 10.2 Å². The summed E-state index contributed by atoms with van der Waals surface area (Å²) in [5.74, 6) is 0.198. The predicted molar refractivity (Wildman–Crippen MR) is 67.1 cm³/mol. The largest absolute Gasteiger partial charge is 0.337 e. The van der Waals surface area contributed by atoms with E-state index < -0.39 is 0 Å². The first-order chi connectivity index (χ1) is 8.11. The summed E-state index contributed by atoms with van der Waals surface area (Å²) in [4.78, 5) is 14.3. The molecule has 2 aliphatic heterocycles. The average molecular weight is 230 g/mol. The molecule has 0 unspecified atom stereocenters. The molecule has 2 saturated heterocycles. The maximum absolute atomic E-state index is 12.3. The van der Waals surface area contributed by atoms with Gasteiger partial charge in [0.05, 0.1) is 0 Å². The van der Waals surface area contributed by atoms with Crippen LogP contribution in [0.1, 0.15) is 21.5 Å². The molecule has 3 nitrogen and oxygen atoms in total. The summed E-state index contributed by atoms with van der Waals surface area (Å²) in [6, 6.07) is 5.96. The Bertz CT molecular complexity index is 469. The summed E-state index contributed by atoms with van der Waals surface area (Å²) in [5, 5.41) is 3.29. The van der Waals surface area contributed by atoms with E-state index in [2.05, 4.69) is 18.3 Å². The number of aryl methyl sites for hydroxylation is 1. The fourth-order valence-corrected chi connectivity index (χ4v) is 2.76. The predicted octanol–water partition coefficient (Wildman–Crippen LogP) is 1.35. The van der Waals surface area contributed by atoms with Crippen molar-refractivity contribution in [3.63, 3.8) is 0 Å². The molecule has 1 spiro atoms. The van der Waals surface area contributed by atoms with E-state index in [0.29, 0.717) is 5.41 Å². The third-order valence-corrected chi connectivity index (χ3v) is 4.17. The van der Waals surface area contributed by atoms with Crippen LogP contribution in [0, 0.1) is 19.3 Å². The normalized spacial score (nSPS) is 20.9. The molecule has 0 saturated carbocycles. The van der Waals surface area contributed by atoms with Gasteiger partial charge in [-0.1, -0.05) is 12.1 Å². The zero-order valence-electron chi connectivity index (χ0n) is 10.4. The molecule has 2 aliphatic rings. The minimum atomic E-state index is 0.198. The quantitative estimate of drug-likeness (QED) is 0.790. The number of hydrogen-bond acceptors (Lipinski definition) is 2. The highest BCUT2D eigenvalue weighted by Crippen LogP contribution is 2.35. The molecule has 1 amide bonds.